The maximum absolute atomic E-state index is 12.0. The van der Waals surface area contributed by atoms with E-state index >= 15 is 0 Å². The fraction of sp³-hybridized carbons (Fsp3) is 0.692. The zero-order valence-electron chi connectivity index (χ0n) is 12.5. The van der Waals surface area contributed by atoms with Crippen LogP contribution in [0, 0.1) is 5.92 Å². The number of methoxy groups -OCH3 is 1. The first-order valence-electron chi connectivity index (χ1n) is 6.67. The standard InChI is InChI=1S/C13H24N2O4S/c1-10(2)7-14-9-12-5-6-13(19-12)20(16,17)15-8-11(3)18-4/h5-6,10-11,14-15H,7-9H2,1-4H3. The Hall–Kier alpha value is -0.890. The maximum atomic E-state index is 12.0. The minimum absolute atomic E-state index is 0.0675. The lowest BCUT2D eigenvalue weighted by Crippen LogP contribution is -2.31. The molecule has 0 amide bonds. The summed E-state index contributed by atoms with van der Waals surface area (Å²) in [7, 11) is -2.08. The van der Waals surface area contributed by atoms with Crippen molar-refractivity contribution in [3.63, 3.8) is 0 Å². The first-order valence-corrected chi connectivity index (χ1v) is 8.15. The Morgan fingerprint density at radius 3 is 2.55 bits per heavy atom. The van der Waals surface area contributed by atoms with E-state index < -0.39 is 10.0 Å². The topological polar surface area (TPSA) is 80.6 Å². The third-order valence-electron chi connectivity index (χ3n) is 2.72. The van der Waals surface area contributed by atoms with Crippen LogP contribution in [0.25, 0.3) is 0 Å². The lowest BCUT2D eigenvalue weighted by atomic mass is 10.2. The average molecular weight is 304 g/mol. The third-order valence-corrected chi connectivity index (χ3v) is 4.01. The van der Waals surface area contributed by atoms with E-state index in [2.05, 4.69) is 23.9 Å². The van der Waals surface area contributed by atoms with Gasteiger partial charge in [0.2, 0.25) is 5.09 Å². The Morgan fingerprint density at radius 2 is 1.95 bits per heavy atom. The van der Waals surface area contributed by atoms with Crippen LogP contribution in [0.3, 0.4) is 0 Å². The zero-order chi connectivity index (χ0) is 15.2. The summed E-state index contributed by atoms with van der Waals surface area (Å²) < 4.78 is 36.7. The Morgan fingerprint density at radius 1 is 1.25 bits per heavy atom. The van der Waals surface area contributed by atoms with Gasteiger partial charge in [0, 0.05) is 13.7 Å². The number of furan rings is 1. The highest BCUT2D eigenvalue weighted by Crippen LogP contribution is 2.13. The Bertz CT molecular complexity index is 496. The van der Waals surface area contributed by atoms with Gasteiger partial charge in [-0.15, -0.1) is 0 Å². The SMILES string of the molecule is COC(C)CNS(=O)(=O)c1ccc(CNCC(C)C)o1. The van der Waals surface area contributed by atoms with E-state index in [-0.39, 0.29) is 17.7 Å². The molecule has 0 spiro atoms. The van der Waals surface area contributed by atoms with Crippen molar-refractivity contribution in [1.82, 2.24) is 10.0 Å². The van der Waals surface area contributed by atoms with Crippen LogP contribution in [0.15, 0.2) is 21.6 Å². The van der Waals surface area contributed by atoms with Crippen molar-refractivity contribution in [2.75, 3.05) is 20.2 Å². The molecule has 1 rings (SSSR count). The van der Waals surface area contributed by atoms with Crippen LogP contribution in [0.2, 0.25) is 0 Å². The molecule has 6 nitrogen and oxygen atoms in total. The van der Waals surface area contributed by atoms with Gasteiger partial charge in [-0.2, -0.15) is 0 Å². The van der Waals surface area contributed by atoms with Gasteiger partial charge in [-0.1, -0.05) is 13.8 Å². The number of hydrogen-bond acceptors (Lipinski definition) is 5. The van der Waals surface area contributed by atoms with Gasteiger partial charge in [-0.3, -0.25) is 0 Å². The number of sulfonamides is 1. The van der Waals surface area contributed by atoms with Gasteiger partial charge in [0.25, 0.3) is 10.0 Å². The molecule has 0 aliphatic rings. The molecular weight excluding hydrogens is 280 g/mol. The van der Waals surface area contributed by atoms with Crippen LogP contribution < -0.4 is 10.0 Å². The van der Waals surface area contributed by atoms with Crippen molar-refractivity contribution in [1.29, 1.82) is 0 Å². The molecule has 1 atom stereocenters. The molecule has 0 bridgehead atoms. The van der Waals surface area contributed by atoms with E-state index in [1.54, 1.807) is 13.0 Å². The van der Waals surface area contributed by atoms with Crippen LogP contribution in [0.1, 0.15) is 26.5 Å². The molecule has 0 saturated heterocycles. The predicted molar refractivity (Wildman–Crippen MR) is 76.9 cm³/mol. The van der Waals surface area contributed by atoms with Crippen molar-refractivity contribution in [2.45, 2.75) is 38.5 Å². The Balaban J connectivity index is 2.56. The summed E-state index contributed by atoms with van der Waals surface area (Å²) in [6.45, 7) is 7.57. The second-order valence-corrected chi connectivity index (χ2v) is 6.84. The summed E-state index contributed by atoms with van der Waals surface area (Å²) in [5.41, 5.74) is 0. The monoisotopic (exact) mass is 304 g/mol. The number of nitrogens with one attached hydrogen (secondary N) is 2. The molecule has 0 aromatic carbocycles. The van der Waals surface area contributed by atoms with Crippen LogP contribution in [-0.4, -0.2) is 34.7 Å². The zero-order valence-corrected chi connectivity index (χ0v) is 13.3. The summed E-state index contributed by atoms with van der Waals surface area (Å²) in [6.07, 6.45) is -0.188. The minimum atomic E-state index is -3.61. The fourth-order valence-corrected chi connectivity index (χ4v) is 2.52. The molecule has 1 aromatic rings. The van der Waals surface area contributed by atoms with Crippen molar-refractivity contribution in [3.05, 3.63) is 17.9 Å². The summed E-state index contributed by atoms with van der Waals surface area (Å²) >= 11 is 0. The fourth-order valence-electron chi connectivity index (χ4n) is 1.46. The molecule has 116 valence electrons. The molecule has 2 N–H and O–H groups in total. The molecule has 0 saturated carbocycles. The van der Waals surface area contributed by atoms with Gasteiger partial charge in [0.15, 0.2) is 0 Å². The van der Waals surface area contributed by atoms with Gasteiger partial charge in [-0.25, -0.2) is 13.1 Å². The van der Waals surface area contributed by atoms with E-state index in [1.165, 1.54) is 13.2 Å². The first-order chi connectivity index (χ1) is 9.35. The lowest BCUT2D eigenvalue weighted by molar-refractivity contribution is 0.122. The van der Waals surface area contributed by atoms with Crippen molar-refractivity contribution in [3.8, 4) is 0 Å². The van der Waals surface area contributed by atoms with Gasteiger partial charge in [0.1, 0.15) is 5.76 Å². The minimum Gasteiger partial charge on any atom is -0.447 e. The van der Waals surface area contributed by atoms with Crippen molar-refractivity contribution < 1.29 is 17.6 Å². The van der Waals surface area contributed by atoms with E-state index in [4.69, 9.17) is 9.15 Å². The average Bonchev–Trinajstić information content (AvgIpc) is 2.85. The lowest BCUT2D eigenvalue weighted by Gasteiger charge is -2.09. The number of rotatable bonds is 9. The molecule has 1 aromatic heterocycles. The quantitative estimate of drug-likeness (QED) is 0.719. The molecular formula is C13H24N2O4S. The van der Waals surface area contributed by atoms with Crippen LogP contribution in [0.4, 0.5) is 0 Å². The Labute approximate surface area is 120 Å². The first kappa shape index (κ1) is 17.2. The predicted octanol–water partition coefficient (Wildman–Crippen LogP) is 1.34. The highest BCUT2D eigenvalue weighted by molar-refractivity contribution is 7.89. The van der Waals surface area contributed by atoms with E-state index in [0.717, 1.165) is 6.54 Å². The highest BCUT2D eigenvalue weighted by Gasteiger charge is 2.19. The van der Waals surface area contributed by atoms with Crippen molar-refractivity contribution in [2.24, 2.45) is 5.92 Å². The molecule has 7 heteroatoms. The third kappa shape index (κ3) is 5.62. The van der Waals surface area contributed by atoms with Gasteiger partial charge < -0.3 is 14.5 Å². The summed E-state index contributed by atoms with van der Waals surface area (Å²) in [6, 6.07) is 3.13. The van der Waals surface area contributed by atoms with E-state index in [9.17, 15) is 8.42 Å². The van der Waals surface area contributed by atoms with E-state index in [0.29, 0.717) is 18.2 Å². The van der Waals surface area contributed by atoms with Crippen LogP contribution >= 0.6 is 0 Å². The molecule has 1 unspecified atom stereocenters. The van der Waals surface area contributed by atoms with Gasteiger partial charge >= 0.3 is 0 Å². The summed E-state index contributed by atoms with van der Waals surface area (Å²) in [5.74, 6) is 1.14. The van der Waals surface area contributed by atoms with Gasteiger partial charge in [0.05, 0.1) is 12.6 Å². The second-order valence-electron chi connectivity index (χ2n) is 5.14. The summed E-state index contributed by atoms with van der Waals surface area (Å²) in [5, 5.41) is 3.13. The molecule has 0 aliphatic carbocycles. The Kier molecular flexibility index (Phi) is 6.67. The number of hydrogen-bond donors (Lipinski definition) is 2. The summed E-state index contributed by atoms with van der Waals surface area (Å²) in [4.78, 5) is 0. The molecule has 1 heterocycles. The molecule has 0 radical (unpaired) electrons. The van der Waals surface area contributed by atoms with Crippen LogP contribution in [0.5, 0.6) is 0 Å². The smallest absolute Gasteiger partial charge is 0.274 e. The number of ether oxygens (including phenoxy) is 1. The van der Waals surface area contributed by atoms with E-state index in [1.807, 2.05) is 0 Å². The van der Waals surface area contributed by atoms with Gasteiger partial charge in [-0.05, 0) is 31.5 Å². The second kappa shape index (κ2) is 7.78. The van der Waals surface area contributed by atoms with Crippen molar-refractivity contribution >= 4 is 10.0 Å². The van der Waals surface area contributed by atoms with Crippen LogP contribution in [-0.2, 0) is 21.3 Å². The normalized spacial score (nSPS) is 13.8. The maximum Gasteiger partial charge on any atom is 0.274 e. The molecule has 0 fully saturated rings. The molecule has 20 heavy (non-hydrogen) atoms. The highest BCUT2D eigenvalue weighted by atomic mass is 32.2. The molecule has 0 aliphatic heterocycles. The largest absolute Gasteiger partial charge is 0.447 e.